The fourth-order valence-corrected chi connectivity index (χ4v) is 4.05. The minimum Gasteiger partial charge on any atom is -0.324 e. The molecule has 0 saturated heterocycles. The summed E-state index contributed by atoms with van der Waals surface area (Å²) in [5.41, 5.74) is 3.59. The maximum atomic E-state index is 13.5. The Morgan fingerprint density at radius 2 is 1.94 bits per heavy atom. The van der Waals surface area contributed by atoms with E-state index in [9.17, 15) is 9.59 Å². The normalized spacial score (nSPS) is 13.6. The molecule has 1 aliphatic rings. The number of amides is 1. The standard InChI is InChI=1S/C24H25ClN4O2/c1-3-28-13-12-21-18(14-28)24(31)29(23(27-21)17-8-5-4-6-9-17)15-22(30)26-20-11-7-10-19(25)16(20)2/h4-11H,3,12-15H2,1-2H3,(H,26,30). The molecule has 0 fully saturated rings. The van der Waals surface area contributed by atoms with Crippen LogP contribution in [0.1, 0.15) is 23.7 Å². The summed E-state index contributed by atoms with van der Waals surface area (Å²) in [4.78, 5) is 33.4. The highest BCUT2D eigenvalue weighted by Crippen LogP contribution is 2.24. The fraction of sp³-hybridized carbons (Fsp3) is 0.292. The van der Waals surface area contributed by atoms with E-state index in [-0.39, 0.29) is 18.0 Å². The molecule has 1 N–H and O–H groups in total. The lowest BCUT2D eigenvalue weighted by Crippen LogP contribution is -2.39. The molecular formula is C24H25ClN4O2. The van der Waals surface area contributed by atoms with Crippen LogP contribution >= 0.6 is 11.6 Å². The molecule has 1 aromatic heterocycles. The lowest BCUT2D eigenvalue weighted by Gasteiger charge is -2.27. The highest BCUT2D eigenvalue weighted by Gasteiger charge is 2.24. The molecule has 1 amide bonds. The second-order valence-corrected chi connectivity index (χ2v) is 8.10. The van der Waals surface area contributed by atoms with E-state index in [1.807, 2.05) is 37.3 Å². The van der Waals surface area contributed by atoms with Crippen molar-refractivity contribution < 1.29 is 4.79 Å². The smallest absolute Gasteiger partial charge is 0.259 e. The number of benzene rings is 2. The first-order valence-corrected chi connectivity index (χ1v) is 10.8. The summed E-state index contributed by atoms with van der Waals surface area (Å²) in [7, 11) is 0. The monoisotopic (exact) mass is 436 g/mol. The van der Waals surface area contributed by atoms with Gasteiger partial charge in [0.05, 0.1) is 11.3 Å². The third-order valence-corrected chi connectivity index (χ3v) is 6.13. The van der Waals surface area contributed by atoms with E-state index in [2.05, 4.69) is 17.1 Å². The van der Waals surface area contributed by atoms with Crippen molar-refractivity contribution in [3.05, 3.63) is 80.7 Å². The molecule has 0 unspecified atom stereocenters. The minimum atomic E-state index is -0.297. The number of rotatable bonds is 5. The number of halogens is 1. The van der Waals surface area contributed by atoms with E-state index in [1.54, 1.807) is 18.2 Å². The van der Waals surface area contributed by atoms with E-state index in [0.29, 0.717) is 28.6 Å². The highest BCUT2D eigenvalue weighted by molar-refractivity contribution is 6.31. The summed E-state index contributed by atoms with van der Waals surface area (Å²) in [6.45, 7) is 6.11. The van der Waals surface area contributed by atoms with Crippen LogP contribution < -0.4 is 10.9 Å². The number of nitrogens with zero attached hydrogens (tertiary/aromatic N) is 3. The number of fused-ring (bicyclic) bond motifs is 1. The number of hydrogen-bond donors (Lipinski definition) is 1. The molecule has 0 radical (unpaired) electrons. The zero-order valence-corrected chi connectivity index (χ0v) is 18.4. The summed E-state index contributed by atoms with van der Waals surface area (Å²) in [5, 5.41) is 3.46. The van der Waals surface area contributed by atoms with Gasteiger partial charge in [0.1, 0.15) is 12.4 Å². The van der Waals surface area contributed by atoms with Crippen molar-refractivity contribution in [2.45, 2.75) is 33.4 Å². The Kier molecular flexibility index (Phi) is 6.20. The van der Waals surface area contributed by atoms with E-state index < -0.39 is 0 Å². The Labute approximate surface area is 186 Å². The van der Waals surface area contributed by atoms with Crippen LogP contribution in [0.5, 0.6) is 0 Å². The molecule has 1 aliphatic heterocycles. The molecule has 0 saturated carbocycles. The van der Waals surface area contributed by atoms with Gasteiger partial charge in [-0.2, -0.15) is 0 Å². The number of aromatic nitrogens is 2. The van der Waals surface area contributed by atoms with Gasteiger partial charge in [-0.15, -0.1) is 0 Å². The minimum absolute atomic E-state index is 0.124. The van der Waals surface area contributed by atoms with Gasteiger partial charge in [0.2, 0.25) is 5.91 Å². The average molecular weight is 437 g/mol. The molecule has 2 heterocycles. The average Bonchev–Trinajstić information content (AvgIpc) is 2.79. The van der Waals surface area contributed by atoms with Crippen LogP contribution in [0.15, 0.2) is 53.3 Å². The van der Waals surface area contributed by atoms with E-state index in [4.69, 9.17) is 16.6 Å². The van der Waals surface area contributed by atoms with Gasteiger partial charge in [-0.1, -0.05) is 54.9 Å². The molecular weight excluding hydrogens is 412 g/mol. The Balaban J connectivity index is 1.74. The van der Waals surface area contributed by atoms with E-state index >= 15 is 0 Å². The summed E-state index contributed by atoms with van der Waals surface area (Å²) >= 11 is 6.17. The summed E-state index contributed by atoms with van der Waals surface area (Å²) in [5.74, 6) is 0.224. The van der Waals surface area contributed by atoms with Crippen molar-refractivity contribution in [1.82, 2.24) is 14.5 Å². The predicted molar refractivity (Wildman–Crippen MR) is 123 cm³/mol. The lowest BCUT2D eigenvalue weighted by atomic mass is 10.1. The largest absolute Gasteiger partial charge is 0.324 e. The van der Waals surface area contributed by atoms with E-state index in [1.165, 1.54) is 4.57 Å². The Morgan fingerprint density at radius 3 is 2.68 bits per heavy atom. The van der Waals surface area contributed by atoms with Crippen LogP contribution in [0.4, 0.5) is 5.69 Å². The third-order valence-electron chi connectivity index (χ3n) is 5.72. The first kappa shape index (κ1) is 21.3. The van der Waals surface area contributed by atoms with Gasteiger partial charge in [0, 0.05) is 35.8 Å². The predicted octanol–water partition coefficient (Wildman–Crippen LogP) is 3.89. The number of nitrogens with one attached hydrogen (secondary N) is 1. The Morgan fingerprint density at radius 1 is 1.16 bits per heavy atom. The van der Waals surface area contributed by atoms with Crippen LogP contribution in [0, 0.1) is 6.92 Å². The molecule has 3 aromatic rings. The number of likely N-dealkylation sites (N-methyl/N-ethyl adjacent to an activating group) is 1. The van der Waals surface area contributed by atoms with Crippen LogP contribution in [0.3, 0.4) is 0 Å². The van der Waals surface area contributed by atoms with Crippen LogP contribution in [-0.2, 0) is 24.3 Å². The summed E-state index contributed by atoms with van der Waals surface area (Å²) < 4.78 is 1.49. The third kappa shape index (κ3) is 4.40. The SMILES string of the molecule is CCN1CCc2nc(-c3ccccc3)n(CC(=O)Nc3cccc(Cl)c3C)c(=O)c2C1. The molecule has 6 nitrogen and oxygen atoms in total. The van der Waals surface area contributed by atoms with Crippen LogP contribution in [-0.4, -0.2) is 33.4 Å². The van der Waals surface area contributed by atoms with Crippen LogP contribution in [0.25, 0.3) is 11.4 Å². The van der Waals surface area contributed by atoms with Crippen molar-refractivity contribution in [3.63, 3.8) is 0 Å². The highest BCUT2D eigenvalue weighted by atomic mass is 35.5. The van der Waals surface area contributed by atoms with Gasteiger partial charge in [0.25, 0.3) is 5.56 Å². The van der Waals surface area contributed by atoms with Crippen LogP contribution in [0.2, 0.25) is 5.02 Å². The maximum absolute atomic E-state index is 13.5. The van der Waals surface area contributed by atoms with Crippen molar-refractivity contribution in [3.8, 4) is 11.4 Å². The second kappa shape index (κ2) is 9.04. The fourth-order valence-electron chi connectivity index (χ4n) is 3.87. The molecule has 0 aliphatic carbocycles. The molecule has 160 valence electrons. The van der Waals surface area contributed by atoms with Crippen molar-refractivity contribution in [2.75, 3.05) is 18.4 Å². The molecule has 0 atom stereocenters. The number of anilines is 1. The topological polar surface area (TPSA) is 67.2 Å². The molecule has 7 heteroatoms. The zero-order valence-electron chi connectivity index (χ0n) is 17.7. The molecule has 2 aromatic carbocycles. The quantitative estimate of drug-likeness (QED) is 0.658. The van der Waals surface area contributed by atoms with Gasteiger partial charge in [-0.25, -0.2) is 4.98 Å². The van der Waals surface area contributed by atoms with E-state index in [0.717, 1.165) is 36.3 Å². The van der Waals surface area contributed by atoms with Gasteiger partial charge in [-0.3, -0.25) is 19.1 Å². The maximum Gasteiger partial charge on any atom is 0.259 e. The molecule has 4 rings (SSSR count). The summed E-state index contributed by atoms with van der Waals surface area (Å²) in [6.07, 6.45) is 0.729. The first-order valence-electron chi connectivity index (χ1n) is 10.4. The lowest BCUT2D eigenvalue weighted by molar-refractivity contribution is -0.116. The van der Waals surface area contributed by atoms with Gasteiger partial charge in [0.15, 0.2) is 0 Å². The molecule has 31 heavy (non-hydrogen) atoms. The van der Waals surface area contributed by atoms with Crippen molar-refractivity contribution in [1.29, 1.82) is 0 Å². The Hall–Kier alpha value is -2.96. The van der Waals surface area contributed by atoms with Gasteiger partial charge < -0.3 is 5.32 Å². The van der Waals surface area contributed by atoms with Crippen molar-refractivity contribution in [2.24, 2.45) is 0 Å². The second-order valence-electron chi connectivity index (χ2n) is 7.70. The molecule has 0 spiro atoms. The van der Waals surface area contributed by atoms with Crippen molar-refractivity contribution >= 4 is 23.2 Å². The number of hydrogen-bond acceptors (Lipinski definition) is 4. The zero-order chi connectivity index (χ0) is 22.0. The molecule has 0 bridgehead atoms. The number of carbonyl (C=O) groups excluding carboxylic acids is 1. The number of carbonyl (C=O) groups is 1. The Bertz CT molecular complexity index is 1170. The summed E-state index contributed by atoms with van der Waals surface area (Å²) in [6, 6.07) is 14.9. The van der Waals surface area contributed by atoms with Gasteiger partial charge in [-0.05, 0) is 31.2 Å². The van der Waals surface area contributed by atoms with Gasteiger partial charge >= 0.3 is 0 Å². The first-order chi connectivity index (χ1) is 15.0.